The standard InChI is InChI=1S/C23H25N3O6/c1-15(29)24-11-20-12-26(22(30)31-20)19-8-6-17(7-9-19)16-2-4-18(5-3-16)21-10-23(13-27,14-28)32-25-21/h2-10,20,25,27-28H,11-14H2,1H3,(H,24,29)/t20-/m0/s1. The molecule has 2 aliphatic heterocycles. The summed E-state index contributed by atoms with van der Waals surface area (Å²) in [7, 11) is 0. The Morgan fingerprint density at radius 1 is 1.09 bits per heavy atom. The van der Waals surface area contributed by atoms with E-state index in [-0.39, 0.29) is 31.8 Å². The maximum Gasteiger partial charge on any atom is 0.414 e. The summed E-state index contributed by atoms with van der Waals surface area (Å²) in [6.45, 7) is 1.43. The van der Waals surface area contributed by atoms with Crippen LogP contribution in [0.5, 0.6) is 0 Å². The molecule has 168 valence electrons. The van der Waals surface area contributed by atoms with Crippen LogP contribution in [0.4, 0.5) is 10.5 Å². The smallest absolute Gasteiger partial charge is 0.414 e. The van der Waals surface area contributed by atoms with Crippen LogP contribution in [0.25, 0.3) is 16.8 Å². The van der Waals surface area contributed by atoms with E-state index in [4.69, 9.17) is 9.57 Å². The lowest BCUT2D eigenvalue weighted by molar-refractivity contribution is -0.119. The molecular formula is C23H25N3O6. The van der Waals surface area contributed by atoms with Crippen molar-refractivity contribution in [1.82, 2.24) is 10.8 Å². The van der Waals surface area contributed by atoms with Crippen LogP contribution >= 0.6 is 0 Å². The molecule has 0 bridgehead atoms. The number of anilines is 1. The number of carbonyl (C=O) groups is 2. The Hall–Kier alpha value is -3.40. The van der Waals surface area contributed by atoms with Crippen molar-refractivity contribution < 1.29 is 29.4 Å². The van der Waals surface area contributed by atoms with Gasteiger partial charge in [0.1, 0.15) is 6.10 Å². The van der Waals surface area contributed by atoms with E-state index < -0.39 is 11.7 Å². The Labute approximate surface area is 185 Å². The highest BCUT2D eigenvalue weighted by Gasteiger charge is 2.34. The lowest BCUT2D eigenvalue weighted by Crippen LogP contribution is -2.37. The van der Waals surface area contributed by atoms with Crippen LogP contribution in [0.3, 0.4) is 0 Å². The number of hydrogen-bond donors (Lipinski definition) is 4. The predicted octanol–water partition coefficient (Wildman–Crippen LogP) is 1.41. The highest BCUT2D eigenvalue weighted by Crippen LogP contribution is 2.29. The van der Waals surface area contributed by atoms with Crippen LogP contribution in [0, 0.1) is 0 Å². The molecule has 4 N–H and O–H groups in total. The molecule has 9 heteroatoms. The number of aliphatic hydroxyl groups is 2. The van der Waals surface area contributed by atoms with E-state index in [0.717, 1.165) is 22.4 Å². The summed E-state index contributed by atoms with van der Waals surface area (Å²) in [6.07, 6.45) is 0.862. The minimum absolute atomic E-state index is 0.163. The van der Waals surface area contributed by atoms with Crippen molar-refractivity contribution >= 4 is 23.4 Å². The predicted molar refractivity (Wildman–Crippen MR) is 117 cm³/mol. The number of nitrogens with one attached hydrogen (secondary N) is 2. The zero-order valence-electron chi connectivity index (χ0n) is 17.6. The summed E-state index contributed by atoms with van der Waals surface area (Å²) in [6, 6.07) is 15.3. The normalized spacial score (nSPS) is 19.3. The number of carbonyl (C=O) groups excluding carboxylic acids is 2. The third-order valence-corrected chi connectivity index (χ3v) is 5.47. The lowest BCUT2D eigenvalue weighted by Gasteiger charge is -2.18. The summed E-state index contributed by atoms with van der Waals surface area (Å²) in [5.41, 5.74) is 5.86. The highest BCUT2D eigenvalue weighted by atomic mass is 16.7. The third kappa shape index (κ3) is 4.45. The molecule has 2 aliphatic rings. The second kappa shape index (κ2) is 8.99. The maximum absolute atomic E-state index is 12.2. The van der Waals surface area contributed by atoms with Crippen LogP contribution in [-0.2, 0) is 14.4 Å². The van der Waals surface area contributed by atoms with Gasteiger partial charge in [-0.05, 0) is 34.9 Å². The third-order valence-electron chi connectivity index (χ3n) is 5.47. The van der Waals surface area contributed by atoms with Gasteiger partial charge < -0.3 is 20.3 Å². The van der Waals surface area contributed by atoms with E-state index in [1.807, 2.05) is 48.5 Å². The molecule has 0 spiro atoms. The van der Waals surface area contributed by atoms with Gasteiger partial charge in [0.2, 0.25) is 5.91 Å². The molecule has 0 radical (unpaired) electrons. The second-order valence-electron chi connectivity index (χ2n) is 7.82. The van der Waals surface area contributed by atoms with Crippen molar-refractivity contribution in [2.45, 2.75) is 18.6 Å². The van der Waals surface area contributed by atoms with Gasteiger partial charge in [0.25, 0.3) is 0 Å². The van der Waals surface area contributed by atoms with Gasteiger partial charge in [-0.3, -0.25) is 20.0 Å². The number of hydroxylamine groups is 1. The first-order valence-electron chi connectivity index (χ1n) is 10.2. The van der Waals surface area contributed by atoms with Gasteiger partial charge in [0.05, 0.1) is 32.0 Å². The molecule has 0 saturated carbocycles. The number of nitrogens with zero attached hydrogens (tertiary/aromatic N) is 1. The fourth-order valence-electron chi connectivity index (χ4n) is 3.60. The van der Waals surface area contributed by atoms with Gasteiger partial charge >= 0.3 is 6.09 Å². The molecule has 2 aromatic carbocycles. The molecule has 0 aliphatic carbocycles. The van der Waals surface area contributed by atoms with Crippen molar-refractivity contribution in [1.29, 1.82) is 0 Å². The van der Waals surface area contributed by atoms with Crippen LogP contribution in [0.2, 0.25) is 0 Å². The average molecular weight is 439 g/mol. The Morgan fingerprint density at radius 3 is 2.25 bits per heavy atom. The van der Waals surface area contributed by atoms with Crippen molar-refractivity contribution in [3.63, 3.8) is 0 Å². The van der Waals surface area contributed by atoms with E-state index in [1.54, 1.807) is 11.0 Å². The monoisotopic (exact) mass is 439 g/mol. The van der Waals surface area contributed by atoms with E-state index in [1.165, 1.54) is 6.92 Å². The SMILES string of the molecule is CC(=O)NC[C@H]1CN(c2ccc(-c3ccc(C4=CC(CO)(CO)ON4)cc3)cc2)C(=O)O1. The van der Waals surface area contributed by atoms with Crippen molar-refractivity contribution in [2.75, 3.05) is 31.2 Å². The topological polar surface area (TPSA) is 120 Å². The molecule has 9 nitrogen and oxygen atoms in total. The Morgan fingerprint density at radius 2 is 1.69 bits per heavy atom. The molecule has 32 heavy (non-hydrogen) atoms. The summed E-state index contributed by atoms with van der Waals surface area (Å²) in [5, 5.41) is 21.5. The number of ether oxygens (including phenoxy) is 1. The molecule has 1 atom stereocenters. The number of benzene rings is 2. The zero-order chi connectivity index (χ0) is 22.7. The number of hydrogen-bond acceptors (Lipinski definition) is 7. The average Bonchev–Trinajstić information content (AvgIpc) is 3.42. The van der Waals surface area contributed by atoms with Crippen molar-refractivity contribution in [3.05, 3.63) is 60.2 Å². The van der Waals surface area contributed by atoms with Crippen molar-refractivity contribution in [3.8, 4) is 11.1 Å². The van der Waals surface area contributed by atoms with Crippen LogP contribution in [0.1, 0.15) is 12.5 Å². The lowest BCUT2D eigenvalue weighted by atomic mass is 10.0. The summed E-state index contributed by atoms with van der Waals surface area (Å²) < 4.78 is 5.31. The molecule has 2 heterocycles. The highest BCUT2D eigenvalue weighted by molar-refractivity contribution is 5.90. The summed E-state index contributed by atoms with van der Waals surface area (Å²) in [4.78, 5) is 30.1. The van der Waals surface area contributed by atoms with Gasteiger partial charge in [-0.15, -0.1) is 0 Å². The molecule has 4 rings (SSSR count). The van der Waals surface area contributed by atoms with Gasteiger partial charge in [0.15, 0.2) is 5.60 Å². The summed E-state index contributed by atoms with van der Waals surface area (Å²) in [5.74, 6) is -0.163. The molecule has 0 aromatic heterocycles. The van der Waals surface area contributed by atoms with E-state index in [0.29, 0.717) is 12.2 Å². The van der Waals surface area contributed by atoms with Crippen molar-refractivity contribution in [2.24, 2.45) is 0 Å². The Bertz CT molecular complexity index is 1020. The minimum Gasteiger partial charge on any atom is -0.442 e. The van der Waals surface area contributed by atoms with Crippen LogP contribution in [0.15, 0.2) is 54.6 Å². The largest absolute Gasteiger partial charge is 0.442 e. The van der Waals surface area contributed by atoms with Crippen LogP contribution in [-0.4, -0.2) is 60.2 Å². The Balaban J connectivity index is 1.44. The first-order chi connectivity index (χ1) is 15.4. The molecule has 2 amide bonds. The van der Waals surface area contributed by atoms with E-state index >= 15 is 0 Å². The minimum atomic E-state index is -1.12. The first-order valence-corrected chi connectivity index (χ1v) is 10.2. The molecule has 1 saturated heterocycles. The second-order valence-corrected chi connectivity index (χ2v) is 7.82. The zero-order valence-corrected chi connectivity index (χ0v) is 17.6. The maximum atomic E-state index is 12.2. The number of rotatable bonds is 7. The molecule has 2 aromatic rings. The van der Waals surface area contributed by atoms with Gasteiger partial charge in [0, 0.05) is 12.6 Å². The first kappa shape index (κ1) is 21.8. The van der Waals surface area contributed by atoms with Gasteiger partial charge in [-0.25, -0.2) is 4.79 Å². The Kier molecular flexibility index (Phi) is 6.13. The quantitative estimate of drug-likeness (QED) is 0.515. The number of aliphatic hydroxyl groups excluding tert-OH is 2. The van der Waals surface area contributed by atoms with E-state index in [9.17, 15) is 19.8 Å². The number of amides is 2. The molecule has 1 fully saturated rings. The van der Waals surface area contributed by atoms with Gasteiger partial charge in [-0.1, -0.05) is 36.4 Å². The van der Waals surface area contributed by atoms with Gasteiger partial charge in [-0.2, -0.15) is 0 Å². The van der Waals surface area contributed by atoms with E-state index in [2.05, 4.69) is 10.8 Å². The number of cyclic esters (lactones) is 1. The summed E-state index contributed by atoms with van der Waals surface area (Å²) >= 11 is 0. The molecule has 0 unspecified atom stereocenters. The fourth-order valence-corrected chi connectivity index (χ4v) is 3.60. The van der Waals surface area contributed by atoms with Crippen LogP contribution < -0.4 is 15.7 Å². The fraction of sp³-hybridized carbons (Fsp3) is 0.304. The molecular weight excluding hydrogens is 414 g/mol.